The molecule has 1 N–H and O–H groups in total. The fourth-order valence-electron chi connectivity index (χ4n) is 3.55. The number of aryl methyl sites for hydroxylation is 1. The molecule has 2 aliphatic heterocycles. The molecule has 0 spiro atoms. The molecule has 1 aromatic rings. The predicted octanol–water partition coefficient (Wildman–Crippen LogP) is 2.14. The van der Waals surface area contributed by atoms with E-state index in [2.05, 4.69) is 0 Å². The number of likely N-dealkylation sites (tertiary alicyclic amines) is 1. The molecule has 22 heavy (non-hydrogen) atoms. The van der Waals surface area contributed by atoms with Gasteiger partial charge in [0.25, 0.3) is 5.91 Å². The Morgan fingerprint density at radius 1 is 1.41 bits per heavy atom. The Hall–Kier alpha value is -1.46. The van der Waals surface area contributed by atoms with Crippen molar-refractivity contribution in [3.05, 3.63) is 35.1 Å². The number of aliphatic hydroxyl groups is 1. The van der Waals surface area contributed by atoms with Gasteiger partial charge in [-0.1, -0.05) is 0 Å². The topological polar surface area (TPSA) is 49.8 Å². The molecule has 2 saturated heterocycles. The van der Waals surface area contributed by atoms with Crippen molar-refractivity contribution in [3.63, 3.8) is 0 Å². The van der Waals surface area contributed by atoms with E-state index in [0.717, 1.165) is 12.8 Å². The molecule has 3 atom stereocenters. The number of amides is 1. The van der Waals surface area contributed by atoms with Gasteiger partial charge in [-0.2, -0.15) is 0 Å². The zero-order valence-electron chi connectivity index (χ0n) is 12.8. The van der Waals surface area contributed by atoms with Gasteiger partial charge in [0.1, 0.15) is 5.82 Å². The van der Waals surface area contributed by atoms with Gasteiger partial charge in [-0.3, -0.25) is 4.79 Å². The maximum absolute atomic E-state index is 13.4. The molecular weight excluding hydrogens is 285 g/mol. The minimum atomic E-state index is -0.415. The van der Waals surface area contributed by atoms with Crippen LogP contribution in [0.3, 0.4) is 0 Å². The van der Waals surface area contributed by atoms with Crippen LogP contribution in [0, 0.1) is 18.7 Å². The number of hydrogen-bond donors (Lipinski definition) is 1. The zero-order valence-corrected chi connectivity index (χ0v) is 12.8. The molecule has 0 aliphatic carbocycles. The second-order valence-electron chi connectivity index (χ2n) is 6.27. The highest BCUT2D eigenvalue weighted by Crippen LogP contribution is 2.31. The van der Waals surface area contributed by atoms with E-state index in [9.17, 15) is 14.3 Å². The van der Waals surface area contributed by atoms with Gasteiger partial charge in [0.05, 0.1) is 12.7 Å². The highest BCUT2D eigenvalue weighted by molar-refractivity contribution is 5.94. The normalized spacial score (nSPS) is 28.9. The van der Waals surface area contributed by atoms with Gasteiger partial charge in [0.15, 0.2) is 0 Å². The number of benzene rings is 1. The number of nitrogens with zero attached hydrogens (tertiary/aromatic N) is 1. The van der Waals surface area contributed by atoms with Gasteiger partial charge in [0, 0.05) is 30.7 Å². The van der Waals surface area contributed by atoms with Crippen LogP contribution in [-0.4, -0.2) is 47.8 Å². The van der Waals surface area contributed by atoms with E-state index in [-0.39, 0.29) is 23.7 Å². The van der Waals surface area contributed by atoms with E-state index in [0.29, 0.717) is 37.3 Å². The van der Waals surface area contributed by atoms with Crippen LogP contribution in [0.1, 0.15) is 35.2 Å². The van der Waals surface area contributed by atoms with Crippen molar-refractivity contribution in [3.8, 4) is 0 Å². The molecule has 120 valence electrons. The highest BCUT2D eigenvalue weighted by Gasteiger charge is 2.39. The van der Waals surface area contributed by atoms with E-state index in [1.165, 1.54) is 12.1 Å². The van der Waals surface area contributed by atoms with E-state index >= 15 is 0 Å². The zero-order chi connectivity index (χ0) is 15.7. The summed E-state index contributed by atoms with van der Waals surface area (Å²) in [6, 6.07) is 4.48. The van der Waals surface area contributed by atoms with E-state index < -0.39 is 6.10 Å². The molecule has 2 aliphatic rings. The second-order valence-corrected chi connectivity index (χ2v) is 6.27. The first-order valence-corrected chi connectivity index (χ1v) is 7.91. The first-order chi connectivity index (χ1) is 10.6. The van der Waals surface area contributed by atoms with Gasteiger partial charge in [-0.15, -0.1) is 0 Å². The Morgan fingerprint density at radius 3 is 2.95 bits per heavy atom. The molecule has 3 rings (SSSR count). The fraction of sp³-hybridized carbons (Fsp3) is 0.588. The molecule has 1 aromatic carbocycles. The van der Waals surface area contributed by atoms with Crippen molar-refractivity contribution in [2.24, 2.45) is 5.92 Å². The SMILES string of the molecule is Cc1cc(C(=O)N2CCCC2C2COCCC2O)ccc1F. The lowest BCUT2D eigenvalue weighted by atomic mass is 9.89. The molecule has 5 heteroatoms. The summed E-state index contributed by atoms with van der Waals surface area (Å²) in [6.45, 7) is 3.42. The van der Waals surface area contributed by atoms with Crippen molar-refractivity contribution < 1.29 is 19.0 Å². The van der Waals surface area contributed by atoms with Crippen molar-refractivity contribution in [2.75, 3.05) is 19.8 Å². The number of rotatable bonds is 2. The molecule has 2 heterocycles. The quantitative estimate of drug-likeness (QED) is 0.910. The summed E-state index contributed by atoms with van der Waals surface area (Å²) in [5.74, 6) is -0.407. The molecule has 4 nitrogen and oxygen atoms in total. The summed E-state index contributed by atoms with van der Waals surface area (Å²) in [5.41, 5.74) is 0.986. The Morgan fingerprint density at radius 2 is 2.23 bits per heavy atom. The van der Waals surface area contributed by atoms with Crippen LogP contribution in [0.4, 0.5) is 4.39 Å². The molecule has 1 amide bonds. The highest BCUT2D eigenvalue weighted by atomic mass is 19.1. The first-order valence-electron chi connectivity index (χ1n) is 7.91. The maximum Gasteiger partial charge on any atom is 0.254 e. The van der Waals surface area contributed by atoms with Crippen molar-refractivity contribution in [1.29, 1.82) is 0 Å². The van der Waals surface area contributed by atoms with E-state index in [4.69, 9.17) is 4.74 Å². The monoisotopic (exact) mass is 307 g/mol. The Balaban J connectivity index is 1.79. The Labute approximate surface area is 129 Å². The smallest absolute Gasteiger partial charge is 0.254 e. The predicted molar refractivity (Wildman–Crippen MR) is 80.1 cm³/mol. The first kappa shape index (κ1) is 15.4. The molecule has 0 radical (unpaired) electrons. The van der Waals surface area contributed by atoms with Crippen LogP contribution in [0.25, 0.3) is 0 Å². The van der Waals surface area contributed by atoms with Gasteiger partial charge in [-0.05, 0) is 49.9 Å². The van der Waals surface area contributed by atoms with Gasteiger partial charge >= 0.3 is 0 Å². The third kappa shape index (κ3) is 2.88. The molecule has 0 saturated carbocycles. The lowest BCUT2D eigenvalue weighted by molar-refractivity contribution is -0.0589. The Bertz CT molecular complexity index is 563. The summed E-state index contributed by atoms with van der Waals surface area (Å²) in [5, 5.41) is 10.2. The van der Waals surface area contributed by atoms with Crippen molar-refractivity contribution in [2.45, 2.75) is 38.3 Å². The van der Waals surface area contributed by atoms with Crippen LogP contribution in [-0.2, 0) is 4.74 Å². The maximum atomic E-state index is 13.4. The fourth-order valence-corrected chi connectivity index (χ4v) is 3.55. The molecule has 3 unspecified atom stereocenters. The lowest BCUT2D eigenvalue weighted by Gasteiger charge is -2.37. The van der Waals surface area contributed by atoms with E-state index in [1.54, 1.807) is 13.0 Å². The average molecular weight is 307 g/mol. The number of ether oxygens (including phenoxy) is 1. The second kappa shape index (κ2) is 6.34. The minimum absolute atomic E-state index is 0.00755. The van der Waals surface area contributed by atoms with Crippen molar-refractivity contribution >= 4 is 5.91 Å². The average Bonchev–Trinajstić information content (AvgIpc) is 2.99. The van der Waals surface area contributed by atoms with Gasteiger partial charge in [0.2, 0.25) is 0 Å². The number of carbonyl (C=O) groups excluding carboxylic acids is 1. The number of hydrogen-bond acceptors (Lipinski definition) is 3. The number of aliphatic hydroxyl groups excluding tert-OH is 1. The summed E-state index contributed by atoms with van der Waals surface area (Å²) < 4.78 is 18.9. The summed E-state index contributed by atoms with van der Waals surface area (Å²) in [4.78, 5) is 14.6. The van der Waals surface area contributed by atoms with Crippen LogP contribution in [0.2, 0.25) is 0 Å². The van der Waals surface area contributed by atoms with E-state index in [1.807, 2.05) is 4.90 Å². The molecule has 2 fully saturated rings. The summed E-state index contributed by atoms with van der Waals surface area (Å²) in [6.07, 6.45) is 2.03. The number of halogens is 1. The van der Waals surface area contributed by atoms with Crippen LogP contribution in [0.5, 0.6) is 0 Å². The molecular formula is C17H22FNO3. The standard InChI is InChI=1S/C17H22FNO3/c1-11-9-12(4-5-14(11)18)17(21)19-7-2-3-15(19)13-10-22-8-6-16(13)20/h4-5,9,13,15-16,20H,2-3,6-8,10H2,1H3. The van der Waals surface area contributed by atoms with Gasteiger partial charge in [-0.25, -0.2) is 4.39 Å². The molecule has 0 bridgehead atoms. The van der Waals surface area contributed by atoms with Crippen LogP contribution >= 0.6 is 0 Å². The van der Waals surface area contributed by atoms with Crippen LogP contribution < -0.4 is 0 Å². The molecule has 0 aromatic heterocycles. The lowest BCUT2D eigenvalue weighted by Crippen LogP contribution is -2.48. The van der Waals surface area contributed by atoms with Crippen LogP contribution in [0.15, 0.2) is 18.2 Å². The third-order valence-corrected chi connectivity index (χ3v) is 4.82. The largest absolute Gasteiger partial charge is 0.393 e. The Kier molecular flexibility index (Phi) is 4.45. The minimum Gasteiger partial charge on any atom is -0.393 e. The number of carbonyl (C=O) groups is 1. The summed E-state index contributed by atoms with van der Waals surface area (Å²) in [7, 11) is 0. The summed E-state index contributed by atoms with van der Waals surface area (Å²) >= 11 is 0. The van der Waals surface area contributed by atoms with Gasteiger partial charge < -0.3 is 14.7 Å². The third-order valence-electron chi connectivity index (χ3n) is 4.82. The van der Waals surface area contributed by atoms with Crippen molar-refractivity contribution in [1.82, 2.24) is 4.90 Å².